The highest BCUT2D eigenvalue weighted by atomic mass is 19.1. The molecule has 1 fully saturated rings. The molecule has 1 atom stereocenters. The van der Waals surface area contributed by atoms with Gasteiger partial charge in [-0.15, -0.1) is 0 Å². The van der Waals surface area contributed by atoms with E-state index in [-0.39, 0.29) is 5.82 Å². The van der Waals surface area contributed by atoms with E-state index in [2.05, 4.69) is 29.4 Å². The average Bonchev–Trinajstić information content (AvgIpc) is 2.63. The van der Waals surface area contributed by atoms with E-state index in [1.807, 2.05) is 43.3 Å². The maximum absolute atomic E-state index is 13.1. The van der Waals surface area contributed by atoms with Gasteiger partial charge < -0.3 is 10.6 Å². The van der Waals surface area contributed by atoms with Crippen LogP contribution in [0.2, 0.25) is 0 Å². The van der Waals surface area contributed by atoms with Crippen LogP contribution in [-0.4, -0.2) is 35.5 Å². The molecule has 4 heteroatoms. The summed E-state index contributed by atoms with van der Waals surface area (Å²) in [6.07, 6.45) is 4.09. The summed E-state index contributed by atoms with van der Waals surface area (Å²) in [7, 11) is 0. The van der Waals surface area contributed by atoms with E-state index < -0.39 is 0 Å². The van der Waals surface area contributed by atoms with E-state index >= 15 is 0 Å². The van der Waals surface area contributed by atoms with Crippen molar-refractivity contribution in [2.24, 2.45) is 0 Å². The molecule has 0 spiro atoms. The largest absolute Gasteiger partial charge is 0.398 e. The van der Waals surface area contributed by atoms with Gasteiger partial charge >= 0.3 is 0 Å². The van der Waals surface area contributed by atoms with Gasteiger partial charge in [0.15, 0.2) is 0 Å². The fourth-order valence-corrected chi connectivity index (χ4v) is 3.58. The first-order valence-corrected chi connectivity index (χ1v) is 9.39. The van der Waals surface area contributed by atoms with Crippen LogP contribution in [-0.2, 0) is 6.54 Å². The van der Waals surface area contributed by atoms with Gasteiger partial charge in [0.25, 0.3) is 0 Å². The van der Waals surface area contributed by atoms with Crippen LogP contribution in [0.4, 0.5) is 10.1 Å². The summed E-state index contributed by atoms with van der Waals surface area (Å²) < 4.78 is 13.1. The van der Waals surface area contributed by atoms with Crippen LogP contribution >= 0.6 is 0 Å². The van der Waals surface area contributed by atoms with Crippen LogP contribution in [0.15, 0.2) is 60.8 Å². The Balaban J connectivity index is 1.57. The molecule has 1 aliphatic heterocycles. The first kappa shape index (κ1) is 19.2. The van der Waals surface area contributed by atoms with Crippen molar-refractivity contribution in [1.82, 2.24) is 9.80 Å². The number of nitrogens with zero attached hydrogens (tertiary/aromatic N) is 2. The first-order valence-electron chi connectivity index (χ1n) is 9.39. The number of nitrogen functional groups attached to an aromatic ring is 1. The van der Waals surface area contributed by atoms with Crippen molar-refractivity contribution in [3.63, 3.8) is 0 Å². The molecule has 1 heterocycles. The summed E-state index contributed by atoms with van der Waals surface area (Å²) in [6.45, 7) is 12.2. The van der Waals surface area contributed by atoms with Crippen molar-refractivity contribution in [1.29, 1.82) is 0 Å². The van der Waals surface area contributed by atoms with Crippen LogP contribution in [0, 0.1) is 12.7 Å². The predicted molar refractivity (Wildman–Crippen MR) is 112 cm³/mol. The molecule has 1 aliphatic rings. The van der Waals surface area contributed by atoms with Crippen LogP contribution in [0.5, 0.6) is 0 Å². The molecular formula is C23H28FN3. The first-order chi connectivity index (χ1) is 12.9. The second kappa shape index (κ2) is 8.40. The Morgan fingerprint density at radius 1 is 1.22 bits per heavy atom. The molecule has 0 bridgehead atoms. The van der Waals surface area contributed by atoms with E-state index in [9.17, 15) is 4.39 Å². The van der Waals surface area contributed by atoms with Gasteiger partial charge in [-0.2, -0.15) is 0 Å². The van der Waals surface area contributed by atoms with Crippen molar-refractivity contribution in [3.05, 3.63) is 83.3 Å². The number of hydrogen-bond acceptors (Lipinski definition) is 3. The molecule has 3 nitrogen and oxygen atoms in total. The Bertz CT molecular complexity index is 826. The van der Waals surface area contributed by atoms with Gasteiger partial charge in [0, 0.05) is 43.6 Å². The lowest BCUT2D eigenvalue weighted by Crippen LogP contribution is -2.50. The number of nitrogens with two attached hydrogens (primary N) is 1. The predicted octanol–water partition coefficient (Wildman–Crippen LogP) is 4.45. The standard InChI is InChI=1S/C23H28FN3/c1-17-4-8-21(23(25)14-17)9-5-18(2)27-13-12-26(15-19(27)3)16-20-6-10-22(24)11-7-20/h4-11,14,19H,2,12-13,15-16,25H2,1,3H3/b9-5+. The van der Waals surface area contributed by atoms with Gasteiger partial charge in [0.1, 0.15) is 5.82 Å². The van der Waals surface area contributed by atoms with E-state index in [1.165, 1.54) is 12.1 Å². The normalized spacial score (nSPS) is 18.2. The average molecular weight is 365 g/mol. The fraction of sp³-hybridized carbons (Fsp3) is 0.304. The van der Waals surface area contributed by atoms with Gasteiger partial charge in [-0.3, -0.25) is 4.90 Å². The topological polar surface area (TPSA) is 32.5 Å². The van der Waals surface area contributed by atoms with Crippen molar-refractivity contribution < 1.29 is 4.39 Å². The van der Waals surface area contributed by atoms with E-state index in [4.69, 9.17) is 5.73 Å². The summed E-state index contributed by atoms with van der Waals surface area (Å²) in [4.78, 5) is 4.74. The number of piperazine rings is 1. The molecular weight excluding hydrogens is 337 g/mol. The lowest BCUT2D eigenvalue weighted by Gasteiger charge is -2.41. The zero-order valence-electron chi connectivity index (χ0n) is 16.2. The van der Waals surface area contributed by atoms with Crippen LogP contribution in [0.3, 0.4) is 0 Å². The van der Waals surface area contributed by atoms with Gasteiger partial charge in [0.2, 0.25) is 0 Å². The van der Waals surface area contributed by atoms with Crippen molar-refractivity contribution >= 4 is 11.8 Å². The molecule has 0 aliphatic carbocycles. The number of anilines is 1. The van der Waals surface area contributed by atoms with Crippen molar-refractivity contribution in [3.8, 4) is 0 Å². The highest BCUT2D eigenvalue weighted by molar-refractivity contribution is 5.66. The molecule has 0 radical (unpaired) electrons. The number of benzene rings is 2. The molecule has 2 N–H and O–H groups in total. The number of rotatable bonds is 5. The Morgan fingerprint density at radius 3 is 2.63 bits per heavy atom. The van der Waals surface area contributed by atoms with E-state index in [0.29, 0.717) is 6.04 Å². The quantitative estimate of drug-likeness (QED) is 0.628. The lowest BCUT2D eigenvalue weighted by atomic mass is 10.1. The second-order valence-electron chi connectivity index (χ2n) is 7.36. The molecule has 0 aromatic heterocycles. The maximum Gasteiger partial charge on any atom is 0.123 e. The molecule has 2 aromatic carbocycles. The number of halogens is 1. The zero-order chi connectivity index (χ0) is 19.4. The summed E-state index contributed by atoms with van der Waals surface area (Å²) in [5, 5.41) is 0. The number of hydrogen-bond donors (Lipinski definition) is 1. The summed E-state index contributed by atoms with van der Waals surface area (Å²) in [5.74, 6) is -0.186. The molecule has 2 aromatic rings. The van der Waals surface area contributed by atoms with Crippen molar-refractivity contribution in [2.75, 3.05) is 25.4 Å². The minimum atomic E-state index is -0.186. The summed E-state index contributed by atoms with van der Waals surface area (Å²) in [6, 6.07) is 13.2. The fourth-order valence-electron chi connectivity index (χ4n) is 3.58. The third kappa shape index (κ3) is 4.98. The smallest absolute Gasteiger partial charge is 0.123 e. The van der Waals surface area contributed by atoms with Gasteiger partial charge in [-0.1, -0.05) is 36.9 Å². The van der Waals surface area contributed by atoms with Gasteiger partial charge in [0.05, 0.1) is 0 Å². The molecule has 27 heavy (non-hydrogen) atoms. The molecule has 1 saturated heterocycles. The monoisotopic (exact) mass is 365 g/mol. The number of allylic oxidation sites excluding steroid dienone is 1. The minimum absolute atomic E-state index is 0.186. The second-order valence-corrected chi connectivity index (χ2v) is 7.36. The maximum atomic E-state index is 13.1. The number of aryl methyl sites for hydroxylation is 1. The molecule has 142 valence electrons. The van der Waals surface area contributed by atoms with Crippen molar-refractivity contribution in [2.45, 2.75) is 26.4 Å². The zero-order valence-corrected chi connectivity index (χ0v) is 16.2. The molecule has 3 rings (SSSR count). The van der Waals surface area contributed by atoms with Gasteiger partial charge in [-0.05, 0) is 54.8 Å². The molecule has 1 unspecified atom stereocenters. The minimum Gasteiger partial charge on any atom is -0.398 e. The van der Waals surface area contributed by atoms with Crippen LogP contribution in [0.1, 0.15) is 23.6 Å². The Morgan fingerprint density at radius 2 is 1.96 bits per heavy atom. The Kier molecular flexibility index (Phi) is 5.97. The Hall–Kier alpha value is -2.59. The lowest BCUT2D eigenvalue weighted by molar-refractivity contribution is 0.109. The highest BCUT2D eigenvalue weighted by Crippen LogP contribution is 2.20. The molecule has 0 amide bonds. The SMILES string of the molecule is C=C(/C=C/c1ccc(C)cc1N)N1CCN(Cc2ccc(F)cc2)CC1C. The van der Waals surface area contributed by atoms with E-state index in [0.717, 1.165) is 54.3 Å². The third-order valence-electron chi connectivity index (χ3n) is 5.10. The third-order valence-corrected chi connectivity index (χ3v) is 5.10. The van der Waals surface area contributed by atoms with Crippen LogP contribution in [0.25, 0.3) is 6.08 Å². The highest BCUT2D eigenvalue weighted by Gasteiger charge is 2.23. The van der Waals surface area contributed by atoms with Crippen LogP contribution < -0.4 is 5.73 Å². The van der Waals surface area contributed by atoms with E-state index in [1.54, 1.807) is 0 Å². The molecule has 0 saturated carbocycles. The van der Waals surface area contributed by atoms with Gasteiger partial charge in [-0.25, -0.2) is 4.39 Å². The summed E-state index contributed by atoms with van der Waals surface area (Å²) >= 11 is 0. The Labute approximate surface area is 161 Å². The summed E-state index contributed by atoms with van der Waals surface area (Å²) in [5.41, 5.74) is 11.2.